The molecule has 0 aliphatic heterocycles. The summed E-state index contributed by atoms with van der Waals surface area (Å²) < 4.78 is 10.2. The van der Waals surface area contributed by atoms with Crippen LogP contribution in [0.25, 0.3) is 11.4 Å². The van der Waals surface area contributed by atoms with Crippen LogP contribution in [0.1, 0.15) is 0 Å². The molecule has 21 heavy (non-hydrogen) atoms. The number of nitrogens with one attached hydrogen (secondary N) is 1. The summed E-state index contributed by atoms with van der Waals surface area (Å²) in [6.07, 6.45) is 0. The van der Waals surface area contributed by atoms with Crippen molar-refractivity contribution in [1.82, 2.24) is 15.2 Å². The minimum absolute atomic E-state index is 0.0945. The SMILES string of the molecule is COc1cc(-c2nnc(SCC(=O)O)[nH]2)cc(O)c1OC. The Morgan fingerprint density at radius 3 is 2.71 bits per heavy atom. The molecular weight excluding hydrogens is 298 g/mol. The summed E-state index contributed by atoms with van der Waals surface area (Å²) in [6.45, 7) is 0. The van der Waals surface area contributed by atoms with Gasteiger partial charge >= 0.3 is 5.97 Å². The van der Waals surface area contributed by atoms with Crippen molar-refractivity contribution in [3.8, 4) is 28.6 Å². The standard InChI is InChI=1S/C12H13N3O5S/c1-19-8-4-6(3-7(16)10(8)20-2)11-13-12(15-14-11)21-5-9(17)18/h3-4,16H,5H2,1-2H3,(H,17,18)(H,13,14,15). The van der Waals surface area contributed by atoms with Crippen molar-refractivity contribution >= 4 is 17.7 Å². The van der Waals surface area contributed by atoms with Gasteiger partial charge < -0.3 is 24.7 Å². The van der Waals surface area contributed by atoms with Gasteiger partial charge in [0.05, 0.1) is 20.0 Å². The lowest BCUT2D eigenvalue weighted by molar-refractivity contribution is -0.133. The van der Waals surface area contributed by atoms with E-state index < -0.39 is 5.97 Å². The highest BCUT2D eigenvalue weighted by molar-refractivity contribution is 7.99. The first-order chi connectivity index (χ1) is 10.0. The molecule has 0 unspecified atom stereocenters. The highest BCUT2D eigenvalue weighted by Gasteiger charge is 2.15. The number of H-pyrrole nitrogens is 1. The smallest absolute Gasteiger partial charge is 0.313 e. The van der Waals surface area contributed by atoms with Crippen LogP contribution >= 0.6 is 11.8 Å². The van der Waals surface area contributed by atoms with E-state index in [9.17, 15) is 9.90 Å². The van der Waals surface area contributed by atoms with Crippen LogP contribution in [0.15, 0.2) is 17.3 Å². The van der Waals surface area contributed by atoms with Crippen molar-refractivity contribution < 1.29 is 24.5 Å². The molecule has 0 fully saturated rings. The number of benzene rings is 1. The zero-order chi connectivity index (χ0) is 15.4. The minimum Gasteiger partial charge on any atom is -0.504 e. The quantitative estimate of drug-likeness (QED) is 0.685. The van der Waals surface area contributed by atoms with Crippen LogP contribution in [0, 0.1) is 0 Å². The molecule has 8 nitrogen and oxygen atoms in total. The fourth-order valence-electron chi connectivity index (χ4n) is 1.65. The number of methoxy groups -OCH3 is 2. The third-order valence-electron chi connectivity index (χ3n) is 2.53. The van der Waals surface area contributed by atoms with E-state index in [-0.39, 0.29) is 17.3 Å². The van der Waals surface area contributed by atoms with Gasteiger partial charge in [-0.25, -0.2) is 0 Å². The molecule has 3 N–H and O–H groups in total. The third-order valence-corrected chi connectivity index (χ3v) is 3.38. The number of aromatic nitrogens is 3. The number of aliphatic carboxylic acids is 1. The molecule has 112 valence electrons. The number of rotatable bonds is 6. The van der Waals surface area contributed by atoms with Crippen LogP contribution in [-0.2, 0) is 4.79 Å². The van der Waals surface area contributed by atoms with Crippen LogP contribution < -0.4 is 9.47 Å². The van der Waals surface area contributed by atoms with Gasteiger partial charge in [0.15, 0.2) is 22.5 Å². The lowest BCUT2D eigenvalue weighted by Crippen LogP contribution is -1.97. The predicted molar refractivity (Wildman–Crippen MR) is 74.9 cm³/mol. The van der Waals surface area contributed by atoms with Gasteiger partial charge in [-0.2, -0.15) is 0 Å². The van der Waals surface area contributed by atoms with Gasteiger partial charge in [0.1, 0.15) is 0 Å². The molecule has 0 amide bonds. The number of aromatic amines is 1. The summed E-state index contributed by atoms with van der Waals surface area (Å²) in [5.41, 5.74) is 0.542. The van der Waals surface area contributed by atoms with Crippen molar-refractivity contribution in [3.63, 3.8) is 0 Å². The van der Waals surface area contributed by atoms with Gasteiger partial charge in [0.2, 0.25) is 5.75 Å². The summed E-state index contributed by atoms with van der Waals surface area (Å²) in [5, 5.41) is 26.6. The summed E-state index contributed by atoms with van der Waals surface area (Å²) in [5.74, 6) is -0.194. The van der Waals surface area contributed by atoms with E-state index in [0.29, 0.717) is 22.3 Å². The second-order valence-electron chi connectivity index (χ2n) is 3.89. The topological polar surface area (TPSA) is 118 Å². The van der Waals surface area contributed by atoms with Crippen LogP contribution in [0.4, 0.5) is 0 Å². The highest BCUT2D eigenvalue weighted by atomic mass is 32.2. The van der Waals surface area contributed by atoms with E-state index in [1.165, 1.54) is 20.3 Å². The molecule has 2 aromatic rings. The number of aromatic hydroxyl groups is 1. The van der Waals surface area contributed by atoms with Gasteiger partial charge in [-0.1, -0.05) is 11.8 Å². The fraction of sp³-hybridized carbons (Fsp3) is 0.250. The van der Waals surface area contributed by atoms with Gasteiger partial charge in [-0.05, 0) is 12.1 Å². The first-order valence-electron chi connectivity index (χ1n) is 5.77. The predicted octanol–water partition coefficient (Wildman–Crippen LogP) is 1.37. The maximum Gasteiger partial charge on any atom is 0.313 e. The largest absolute Gasteiger partial charge is 0.504 e. The van der Waals surface area contributed by atoms with Crippen molar-refractivity contribution in [2.75, 3.05) is 20.0 Å². The van der Waals surface area contributed by atoms with Gasteiger partial charge in [-0.3, -0.25) is 4.79 Å². The number of carbonyl (C=O) groups is 1. The molecule has 0 radical (unpaired) electrons. The summed E-state index contributed by atoms with van der Waals surface area (Å²) >= 11 is 1.02. The van der Waals surface area contributed by atoms with Crippen molar-refractivity contribution in [2.24, 2.45) is 0 Å². The lowest BCUT2D eigenvalue weighted by Gasteiger charge is -2.10. The van der Waals surface area contributed by atoms with E-state index in [0.717, 1.165) is 11.8 Å². The van der Waals surface area contributed by atoms with Gasteiger partial charge in [0.25, 0.3) is 0 Å². The molecule has 0 spiro atoms. The Balaban J connectivity index is 2.30. The Bertz CT molecular complexity index is 658. The molecule has 0 aliphatic rings. The Morgan fingerprint density at radius 1 is 1.33 bits per heavy atom. The van der Waals surface area contributed by atoms with Crippen LogP contribution in [0.3, 0.4) is 0 Å². The van der Waals surface area contributed by atoms with Crippen LogP contribution in [0.2, 0.25) is 0 Å². The zero-order valence-corrected chi connectivity index (χ0v) is 12.1. The molecular formula is C12H13N3O5S. The maximum atomic E-state index is 10.5. The van der Waals surface area contributed by atoms with Gasteiger partial charge in [0, 0.05) is 5.56 Å². The number of phenols is 1. The minimum atomic E-state index is -0.943. The molecule has 1 heterocycles. The number of hydrogen-bond donors (Lipinski definition) is 3. The summed E-state index contributed by atoms with van der Waals surface area (Å²) in [4.78, 5) is 13.4. The number of ether oxygens (including phenoxy) is 2. The third kappa shape index (κ3) is 3.37. The second kappa shape index (κ2) is 6.35. The second-order valence-corrected chi connectivity index (χ2v) is 4.86. The number of carboxylic acid groups (broad SMARTS) is 1. The first kappa shape index (κ1) is 15.0. The molecule has 9 heteroatoms. The number of hydrogen-bond acceptors (Lipinski definition) is 7. The average Bonchev–Trinajstić information content (AvgIpc) is 2.93. The molecule has 0 saturated carbocycles. The molecule has 0 saturated heterocycles. The monoisotopic (exact) mass is 311 g/mol. The number of phenolic OH excluding ortho intramolecular Hbond substituents is 1. The molecule has 1 aromatic heterocycles. The van der Waals surface area contributed by atoms with E-state index in [2.05, 4.69) is 15.2 Å². The average molecular weight is 311 g/mol. The molecule has 2 rings (SSSR count). The Morgan fingerprint density at radius 2 is 2.10 bits per heavy atom. The van der Waals surface area contributed by atoms with E-state index >= 15 is 0 Å². The Labute approximate surface area is 124 Å². The van der Waals surface area contributed by atoms with E-state index in [1.807, 2.05) is 0 Å². The molecule has 0 bridgehead atoms. The van der Waals surface area contributed by atoms with Crippen molar-refractivity contribution in [2.45, 2.75) is 5.16 Å². The van der Waals surface area contributed by atoms with Gasteiger partial charge in [-0.15, -0.1) is 10.2 Å². The Hall–Kier alpha value is -2.42. The van der Waals surface area contributed by atoms with Crippen molar-refractivity contribution in [1.29, 1.82) is 0 Å². The molecule has 0 aliphatic carbocycles. The maximum absolute atomic E-state index is 10.5. The normalized spacial score (nSPS) is 10.4. The Kier molecular flexibility index (Phi) is 4.53. The zero-order valence-electron chi connectivity index (χ0n) is 11.3. The van der Waals surface area contributed by atoms with Crippen LogP contribution in [0.5, 0.6) is 17.2 Å². The summed E-state index contributed by atoms with van der Waals surface area (Å²) in [7, 11) is 2.88. The fourth-order valence-corrected chi connectivity index (χ4v) is 2.18. The number of nitrogens with zero attached hydrogens (tertiary/aromatic N) is 2. The molecule has 0 atom stereocenters. The van der Waals surface area contributed by atoms with E-state index in [1.54, 1.807) is 6.07 Å². The summed E-state index contributed by atoms with van der Waals surface area (Å²) in [6, 6.07) is 3.08. The van der Waals surface area contributed by atoms with E-state index in [4.69, 9.17) is 14.6 Å². The van der Waals surface area contributed by atoms with Crippen LogP contribution in [-0.4, -0.2) is 51.3 Å². The van der Waals surface area contributed by atoms with Crippen molar-refractivity contribution in [3.05, 3.63) is 12.1 Å². The lowest BCUT2D eigenvalue weighted by atomic mass is 10.1. The number of thioether (sulfide) groups is 1. The molecule has 1 aromatic carbocycles. The first-order valence-corrected chi connectivity index (χ1v) is 6.76. The highest BCUT2D eigenvalue weighted by Crippen LogP contribution is 2.39. The number of carboxylic acids is 1.